The van der Waals surface area contributed by atoms with E-state index in [2.05, 4.69) is 18.2 Å². The van der Waals surface area contributed by atoms with Crippen LogP contribution in [-0.2, 0) is 0 Å². The summed E-state index contributed by atoms with van der Waals surface area (Å²) in [5.74, 6) is 2.94. The van der Waals surface area contributed by atoms with Gasteiger partial charge >= 0.3 is 0 Å². The zero-order valence-electron chi connectivity index (χ0n) is 9.20. The van der Waals surface area contributed by atoms with Crippen LogP contribution in [0, 0.1) is 12.3 Å². The van der Waals surface area contributed by atoms with Crippen LogP contribution in [0.25, 0.3) is 0 Å². The average Bonchev–Trinajstić information content (AvgIpc) is 2.27. The largest absolute Gasteiger partial charge is 0.508 e. The van der Waals surface area contributed by atoms with E-state index in [0.717, 1.165) is 12.0 Å². The molecule has 0 heterocycles. The summed E-state index contributed by atoms with van der Waals surface area (Å²) in [4.78, 5) is 0. The molecule has 80 valence electrons. The molecule has 2 atom stereocenters. The molecule has 2 unspecified atom stereocenters. The summed E-state index contributed by atoms with van der Waals surface area (Å²) in [7, 11) is 0. The molecule has 0 aliphatic carbocycles. The van der Waals surface area contributed by atoms with Crippen LogP contribution in [0.2, 0.25) is 0 Å². The van der Waals surface area contributed by atoms with E-state index in [1.807, 2.05) is 19.1 Å². The third kappa shape index (κ3) is 3.30. The molecule has 0 bridgehead atoms. The van der Waals surface area contributed by atoms with E-state index in [1.54, 1.807) is 12.1 Å². The number of rotatable bonds is 4. The Morgan fingerprint density at radius 1 is 1.40 bits per heavy atom. The first kappa shape index (κ1) is 11.6. The summed E-state index contributed by atoms with van der Waals surface area (Å²) in [5, 5.41) is 12.5. The minimum Gasteiger partial charge on any atom is -0.508 e. The monoisotopic (exact) mass is 203 g/mol. The van der Waals surface area contributed by atoms with Crippen molar-refractivity contribution in [1.29, 1.82) is 0 Å². The number of nitrogens with one attached hydrogen (secondary N) is 1. The minimum absolute atomic E-state index is 0.0590. The highest BCUT2D eigenvalue weighted by Crippen LogP contribution is 2.19. The molecule has 0 aliphatic heterocycles. The van der Waals surface area contributed by atoms with E-state index in [-0.39, 0.29) is 12.1 Å². The Hall–Kier alpha value is -1.46. The van der Waals surface area contributed by atoms with Crippen LogP contribution in [0.5, 0.6) is 5.75 Å². The van der Waals surface area contributed by atoms with Crippen LogP contribution in [0.1, 0.15) is 31.9 Å². The fourth-order valence-corrected chi connectivity index (χ4v) is 1.51. The molecule has 0 spiro atoms. The Balaban J connectivity index is 2.75. The molecule has 2 nitrogen and oxygen atoms in total. The van der Waals surface area contributed by atoms with Gasteiger partial charge in [0.05, 0.1) is 6.04 Å². The third-order valence-electron chi connectivity index (χ3n) is 2.40. The predicted octanol–water partition coefficient (Wildman–Crippen LogP) is 2.45. The van der Waals surface area contributed by atoms with Crippen molar-refractivity contribution in [2.75, 3.05) is 0 Å². The Labute approximate surface area is 91.3 Å². The van der Waals surface area contributed by atoms with Crippen molar-refractivity contribution in [3.63, 3.8) is 0 Å². The van der Waals surface area contributed by atoms with Crippen LogP contribution in [0.15, 0.2) is 24.3 Å². The fraction of sp³-hybridized carbons (Fsp3) is 0.385. The first-order chi connectivity index (χ1) is 7.17. The van der Waals surface area contributed by atoms with Gasteiger partial charge in [0, 0.05) is 6.04 Å². The standard InChI is InChI=1S/C13H17NO/c1-4-10(3)14-13(5-2)11-6-8-12(15)9-7-11/h1,6-10,13-15H,5H2,2-3H3. The van der Waals surface area contributed by atoms with Crippen molar-refractivity contribution in [3.8, 4) is 18.1 Å². The van der Waals surface area contributed by atoms with Gasteiger partial charge in [-0.05, 0) is 31.0 Å². The Bertz CT molecular complexity index is 337. The highest BCUT2D eigenvalue weighted by Gasteiger charge is 2.10. The first-order valence-electron chi connectivity index (χ1n) is 5.18. The van der Waals surface area contributed by atoms with Gasteiger partial charge in [0.25, 0.3) is 0 Å². The molecular weight excluding hydrogens is 186 g/mol. The lowest BCUT2D eigenvalue weighted by Gasteiger charge is -2.19. The van der Waals surface area contributed by atoms with Crippen molar-refractivity contribution in [2.45, 2.75) is 32.4 Å². The van der Waals surface area contributed by atoms with Crippen LogP contribution in [0.4, 0.5) is 0 Å². The van der Waals surface area contributed by atoms with Crippen LogP contribution in [-0.4, -0.2) is 11.1 Å². The second-order valence-corrected chi connectivity index (χ2v) is 3.61. The Morgan fingerprint density at radius 2 is 2.00 bits per heavy atom. The van der Waals surface area contributed by atoms with Crippen molar-refractivity contribution in [3.05, 3.63) is 29.8 Å². The molecule has 0 amide bonds. The number of aromatic hydroxyl groups is 1. The van der Waals surface area contributed by atoms with Gasteiger partial charge in [-0.3, -0.25) is 5.32 Å². The lowest BCUT2D eigenvalue weighted by Crippen LogP contribution is -2.28. The van der Waals surface area contributed by atoms with Gasteiger partial charge in [0.2, 0.25) is 0 Å². The average molecular weight is 203 g/mol. The van der Waals surface area contributed by atoms with Crippen molar-refractivity contribution in [1.82, 2.24) is 5.32 Å². The third-order valence-corrected chi connectivity index (χ3v) is 2.40. The molecule has 0 fully saturated rings. The molecule has 2 N–H and O–H groups in total. The Kier molecular flexibility index (Phi) is 4.20. The maximum Gasteiger partial charge on any atom is 0.115 e. The quantitative estimate of drug-likeness (QED) is 0.737. The SMILES string of the molecule is C#CC(C)NC(CC)c1ccc(O)cc1. The van der Waals surface area contributed by atoms with E-state index in [0.29, 0.717) is 5.75 Å². The zero-order valence-corrected chi connectivity index (χ0v) is 9.20. The molecular formula is C13H17NO. The molecule has 0 aliphatic rings. The van der Waals surface area contributed by atoms with Gasteiger partial charge in [0.15, 0.2) is 0 Å². The summed E-state index contributed by atoms with van der Waals surface area (Å²) in [6.07, 6.45) is 6.29. The predicted molar refractivity (Wildman–Crippen MR) is 62.6 cm³/mol. The number of hydrogen-bond donors (Lipinski definition) is 2. The molecule has 1 aromatic rings. The molecule has 0 saturated heterocycles. The zero-order chi connectivity index (χ0) is 11.3. The molecule has 1 aromatic carbocycles. The van der Waals surface area contributed by atoms with Crippen LogP contribution in [0.3, 0.4) is 0 Å². The van der Waals surface area contributed by atoms with Crippen molar-refractivity contribution >= 4 is 0 Å². The van der Waals surface area contributed by atoms with Gasteiger partial charge in [-0.1, -0.05) is 25.0 Å². The number of phenolic OH excluding ortho intramolecular Hbond substituents is 1. The Morgan fingerprint density at radius 3 is 2.47 bits per heavy atom. The number of hydrogen-bond acceptors (Lipinski definition) is 2. The number of benzene rings is 1. The minimum atomic E-state index is 0.0590. The molecule has 0 saturated carbocycles. The maximum absolute atomic E-state index is 9.19. The fourth-order valence-electron chi connectivity index (χ4n) is 1.51. The van der Waals surface area contributed by atoms with Crippen molar-refractivity contribution < 1.29 is 5.11 Å². The molecule has 2 heteroatoms. The summed E-state index contributed by atoms with van der Waals surface area (Å²) in [6, 6.07) is 7.53. The highest BCUT2D eigenvalue weighted by atomic mass is 16.3. The lowest BCUT2D eigenvalue weighted by atomic mass is 10.0. The van der Waals surface area contributed by atoms with Gasteiger partial charge in [-0.15, -0.1) is 6.42 Å². The van der Waals surface area contributed by atoms with E-state index in [1.165, 1.54) is 0 Å². The first-order valence-corrected chi connectivity index (χ1v) is 5.18. The number of terminal acetylenes is 1. The molecule has 0 radical (unpaired) electrons. The smallest absolute Gasteiger partial charge is 0.115 e. The van der Waals surface area contributed by atoms with Crippen LogP contribution < -0.4 is 5.32 Å². The van der Waals surface area contributed by atoms with E-state index >= 15 is 0 Å². The van der Waals surface area contributed by atoms with Gasteiger partial charge < -0.3 is 5.11 Å². The van der Waals surface area contributed by atoms with Crippen molar-refractivity contribution in [2.24, 2.45) is 0 Å². The normalized spacial score (nSPS) is 14.2. The number of phenols is 1. The van der Waals surface area contributed by atoms with E-state index in [9.17, 15) is 5.11 Å². The molecule has 0 aromatic heterocycles. The second kappa shape index (κ2) is 5.43. The lowest BCUT2D eigenvalue weighted by molar-refractivity contribution is 0.471. The summed E-state index contributed by atoms with van der Waals surface area (Å²) in [6.45, 7) is 4.07. The molecule has 1 rings (SSSR count). The van der Waals surface area contributed by atoms with E-state index in [4.69, 9.17) is 6.42 Å². The summed E-state index contributed by atoms with van der Waals surface area (Å²) in [5.41, 5.74) is 1.15. The van der Waals surface area contributed by atoms with Gasteiger partial charge in [-0.2, -0.15) is 0 Å². The summed E-state index contributed by atoms with van der Waals surface area (Å²) >= 11 is 0. The second-order valence-electron chi connectivity index (χ2n) is 3.61. The van der Waals surface area contributed by atoms with E-state index < -0.39 is 0 Å². The van der Waals surface area contributed by atoms with Gasteiger partial charge in [-0.25, -0.2) is 0 Å². The molecule has 15 heavy (non-hydrogen) atoms. The van der Waals surface area contributed by atoms with Gasteiger partial charge in [0.1, 0.15) is 5.75 Å². The van der Waals surface area contributed by atoms with Crippen LogP contribution >= 0.6 is 0 Å². The summed E-state index contributed by atoms with van der Waals surface area (Å²) < 4.78 is 0. The highest BCUT2D eigenvalue weighted by molar-refractivity contribution is 5.28. The topological polar surface area (TPSA) is 32.3 Å². The maximum atomic E-state index is 9.19.